The minimum Gasteiger partial charge on any atom is -0.481 e. The lowest BCUT2D eigenvalue weighted by atomic mass is 10.1. The molecule has 2 aromatic heterocycles. The van der Waals surface area contributed by atoms with Crippen molar-refractivity contribution in [3.63, 3.8) is 0 Å². The molecule has 0 amide bonds. The van der Waals surface area contributed by atoms with Crippen LogP contribution in [-0.4, -0.2) is 35.8 Å². The Bertz CT molecular complexity index is 705. The van der Waals surface area contributed by atoms with E-state index in [-0.39, 0.29) is 18.2 Å². The average Bonchev–Trinajstić information content (AvgIpc) is 2.91. The Kier molecular flexibility index (Phi) is 4.15. The Hall–Kier alpha value is -2.51. The molecule has 8 heteroatoms. The van der Waals surface area contributed by atoms with E-state index in [2.05, 4.69) is 20.2 Å². The first-order chi connectivity index (χ1) is 9.91. The third-order valence-electron chi connectivity index (χ3n) is 3.51. The van der Waals surface area contributed by atoms with E-state index in [9.17, 15) is 9.59 Å². The van der Waals surface area contributed by atoms with Gasteiger partial charge in [0.1, 0.15) is 12.2 Å². The second-order valence-electron chi connectivity index (χ2n) is 4.85. The van der Waals surface area contributed by atoms with Crippen LogP contribution in [-0.2, 0) is 11.2 Å². The zero-order valence-corrected chi connectivity index (χ0v) is 12.1. The lowest BCUT2D eigenvalue weighted by Crippen LogP contribution is -2.31. The molecule has 2 N–H and O–H groups in total. The van der Waals surface area contributed by atoms with E-state index in [1.54, 1.807) is 13.8 Å². The lowest BCUT2D eigenvalue weighted by Gasteiger charge is -2.19. The number of carbonyl (C=O) groups is 1. The molecule has 0 spiro atoms. The Morgan fingerprint density at radius 2 is 2.19 bits per heavy atom. The summed E-state index contributed by atoms with van der Waals surface area (Å²) in [5.74, 6) is -0.329. The molecular weight excluding hydrogens is 274 g/mol. The molecule has 0 saturated carbocycles. The summed E-state index contributed by atoms with van der Waals surface area (Å²) >= 11 is 0. The van der Waals surface area contributed by atoms with E-state index in [1.165, 1.54) is 10.9 Å². The van der Waals surface area contributed by atoms with E-state index in [1.807, 2.05) is 6.92 Å². The molecule has 1 atom stereocenters. The molecule has 0 bridgehead atoms. The van der Waals surface area contributed by atoms with Crippen molar-refractivity contribution in [3.8, 4) is 0 Å². The number of carboxylic acid groups (broad SMARTS) is 1. The molecule has 2 aromatic rings. The lowest BCUT2D eigenvalue weighted by molar-refractivity contribution is -0.136. The van der Waals surface area contributed by atoms with Crippen LogP contribution in [0.3, 0.4) is 0 Å². The molecule has 21 heavy (non-hydrogen) atoms. The highest BCUT2D eigenvalue weighted by Crippen LogP contribution is 2.18. The van der Waals surface area contributed by atoms with Crippen molar-refractivity contribution in [3.05, 3.63) is 39.6 Å². The minimum absolute atomic E-state index is 0.00173. The van der Waals surface area contributed by atoms with E-state index >= 15 is 0 Å². The molecular formula is C13H17N5O3. The number of nitrogens with one attached hydrogen (secondary N) is 1. The smallest absolute Gasteiger partial charge is 0.348 e. The molecule has 8 nitrogen and oxygen atoms in total. The third kappa shape index (κ3) is 2.99. The van der Waals surface area contributed by atoms with Crippen LogP contribution in [0.25, 0.3) is 0 Å². The maximum atomic E-state index is 12.2. The molecule has 112 valence electrons. The molecule has 0 aliphatic heterocycles. The van der Waals surface area contributed by atoms with Gasteiger partial charge < -0.3 is 5.11 Å². The molecule has 2 rings (SSSR count). The van der Waals surface area contributed by atoms with Crippen molar-refractivity contribution in [1.29, 1.82) is 0 Å². The maximum Gasteiger partial charge on any atom is 0.348 e. The summed E-state index contributed by atoms with van der Waals surface area (Å²) in [6.07, 6.45) is 1.71. The van der Waals surface area contributed by atoms with E-state index in [4.69, 9.17) is 5.11 Å². The summed E-state index contributed by atoms with van der Waals surface area (Å²) in [7, 11) is 0. The van der Waals surface area contributed by atoms with Gasteiger partial charge in [0, 0.05) is 17.8 Å². The van der Waals surface area contributed by atoms with Gasteiger partial charge in [-0.05, 0) is 32.8 Å². The third-order valence-corrected chi connectivity index (χ3v) is 3.51. The van der Waals surface area contributed by atoms with Crippen LogP contribution in [0.15, 0.2) is 11.1 Å². The second-order valence-corrected chi connectivity index (χ2v) is 4.85. The number of rotatable bonds is 5. The predicted molar refractivity (Wildman–Crippen MR) is 74.1 cm³/mol. The monoisotopic (exact) mass is 291 g/mol. The highest BCUT2D eigenvalue weighted by Gasteiger charge is 2.19. The van der Waals surface area contributed by atoms with Gasteiger partial charge in [-0.3, -0.25) is 14.5 Å². The number of H-pyrrole nitrogens is 1. The number of carboxylic acids is 1. The van der Waals surface area contributed by atoms with Gasteiger partial charge in [0.2, 0.25) is 0 Å². The van der Waals surface area contributed by atoms with Gasteiger partial charge in [-0.1, -0.05) is 0 Å². The SMILES string of the molecule is Cc1nc(=O)n(C(C)c2ncn[nH]2)c(C)c1CCC(=O)O. The Morgan fingerprint density at radius 3 is 2.76 bits per heavy atom. The summed E-state index contributed by atoms with van der Waals surface area (Å²) in [5.41, 5.74) is 1.67. The van der Waals surface area contributed by atoms with Gasteiger partial charge in [-0.25, -0.2) is 9.78 Å². The maximum absolute atomic E-state index is 12.2. The first kappa shape index (κ1) is 14.9. The van der Waals surface area contributed by atoms with Crippen molar-refractivity contribution in [2.75, 3.05) is 0 Å². The largest absolute Gasteiger partial charge is 0.481 e. The average molecular weight is 291 g/mol. The van der Waals surface area contributed by atoms with E-state index in [0.29, 0.717) is 23.6 Å². The van der Waals surface area contributed by atoms with Gasteiger partial charge in [-0.15, -0.1) is 0 Å². The van der Waals surface area contributed by atoms with E-state index in [0.717, 1.165) is 5.56 Å². The Morgan fingerprint density at radius 1 is 1.48 bits per heavy atom. The van der Waals surface area contributed by atoms with Crippen LogP contribution in [0, 0.1) is 13.8 Å². The Balaban J connectivity index is 2.48. The molecule has 0 aliphatic carbocycles. The molecule has 1 unspecified atom stereocenters. The first-order valence-electron chi connectivity index (χ1n) is 6.57. The first-order valence-corrected chi connectivity index (χ1v) is 6.57. The van der Waals surface area contributed by atoms with Crippen LogP contribution in [0.4, 0.5) is 0 Å². The topological polar surface area (TPSA) is 114 Å². The number of aryl methyl sites for hydroxylation is 1. The highest BCUT2D eigenvalue weighted by atomic mass is 16.4. The van der Waals surface area contributed by atoms with Gasteiger partial charge >= 0.3 is 11.7 Å². The molecule has 0 aliphatic rings. The highest BCUT2D eigenvalue weighted by molar-refractivity contribution is 5.67. The van der Waals surface area contributed by atoms with Gasteiger partial charge in [-0.2, -0.15) is 10.1 Å². The fourth-order valence-electron chi connectivity index (χ4n) is 2.40. The number of hydrogen-bond acceptors (Lipinski definition) is 5. The zero-order valence-electron chi connectivity index (χ0n) is 12.1. The fraction of sp³-hybridized carbons (Fsp3) is 0.462. The predicted octanol–water partition coefficient (Wildman–Crippen LogP) is 0.605. The van der Waals surface area contributed by atoms with Crippen LogP contribution < -0.4 is 5.69 Å². The zero-order chi connectivity index (χ0) is 15.6. The molecule has 0 aromatic carbocycles. The standard InChI is InChI=1S/C13H17N5O3/c1-7-10(4-5-11(19)20)8(2)18(13(21)16-7)9(3)12-14-6-15-17-12/h6,9H,4-5H2,1-3H3,(H,19,20)(H,14,15,17). The van der Waals surface area contributed by atoms with Crippen LogP contribution in [0.1, 0.15) is 42.2 Å². The molecule has 0 saturated heterocycles. The van der Waals surface area contributed by atoms with Gasteiger partial charge in [0.15, 0.2) is 0 Å². The summed E-state index contributed by atoms with van der Waals surface area (Å²) in [6.45, 7) is 5.32. The number of aromatic amines is 1. The minimum atomic E-state index is -0.880. The van der Waals surface area contributed by atoms with Crippen LogP contribution in [0.5, 0.6) is 0 Å². The number of hydrogen-bond donors (Lipinski definition) is 2. The molecule has 0 radical (unpaired) electrons. The van der Waals surface area contributed by atoms with Gasteiger partial charge in [0.25, 0.3) is 0 Å². The Labute approximate surface area is 120 Å². The second kappa shape index (κ2) is 5.86. The van der Waals surface area contributed by atoms with Crippen molar-refractivity contribution >= 4 is 5.97 Å². The van der Waals surface area contributed by atoms with Gasteiger partial charge in [0.05, 0.1) is 6.04 Å². The number of nitrogens with zero attached hydrogens (tertiary/aromatic N) is 4. The van der Waals surface area contributed by atoms with Crippen molar-refractivity contribution in [2.24, 2.45) is 0 Å². The number of aliphatic carboxylic acids is 1. The van der Waals surface area contributed by atoms with Crippen LogP contribution >= 0.6 is 0 Å². The fourth-order valence-corrected chi connectivity index (χ4v) is 2.40. The number of aromatic nitrogens is 5. The summed E-state index contributed by atoms with van der Waals surface area (Å²) in [4.78, 5) is 31.0. The molecule has 0 fully saturated rings. The normalized spacial score (nSPS) is 12.3. The quantitative estimate of drug-likeness (QED) is 0.834. The summed E-state index contributed by atoms with van der Waals surface area (Å²) < 4.78 is 1.50. The van der Waals surface area contributed by atoms with Crippen molar-refractivity contribution < 1.29 is 9.90 Å². The summed E-state index contributed by atoms with van der Waals surface area (Å²) in [5, 5.41) is 15.3. The molecule has 2 heterocycles. The van der Waals surface area contributed by atoms with Crippen molar-refractivity contribution in [2.45, 2.75) is 39.7 Å². The van der Waals surface area contributed by atoms with Crippen LogP contribution in [0.2, 0.25) is 0 Å². The van der Waals surface area contributed by atoms with Crippen molar-refractivity contribution in [1.82, 2.24) is 24.7 Å². The van der Waals surface area contributed by atoms with E-state index < -0.39 is 5.97 Å². The summed E-state index contributed by atoms with van der Waals surface area (Å²) in [6, 6.07) is -0.350.